The first-order valence-corrected chi connectivity index (χ1v) is 12.9. The number of allylic oxidation sites excluding steroid dienone is 5. The van der Waals surface area contributed by atoms with Crippen LogP contribution in [0, 0.1) is 0 Å². The van der Waals surface area contributed by atoms with Crippen LogP contribution < -0.4 is 9.80 Å². The summed E-state index contributed by atoms with van der Waals surface area (Å²) in [7, 11) is 0. The summed E-state index contributed by atoms with van der Waals surface area (Å²) in [4.78, 5) is 40.8. The summed E-state index contributed by atoms with van der Waals surface area (Å²) >= 11 is 1.71. The van der Waals surface area contributed by atoms with Crippen molar-refractivity contribution in [2.45, 2.75) is 16.7 Å². The maximum absolute atomic E-state index is 13.3. The van der Waals surface area contributed by atoms with Gasteiger partial charge in [0, 0.05) is 9.79 Å². The van der Waals surface area contributed by atoms with Crippen LogP contribution in [0.2, 0.25) is 0 Å². The monoisotopic (exact) mass is 514 g/mol. The van der Waals surface area contributed by atoms with Gasteiger partial charge in [0.15, 0.2) is 0 Å². The van der Waals surface area contributed by atoms with Crippen molar-refractivity contribution in [3.8, 4) is 0 Å². The van der Waals surface area contributed by atoms with E-state index in [0.717, 1.165) is 42.9 Å². The van der Waals surface area contributed by atoms with Gasteiger partial charge in [-0.05, 0) is 54.5 Å². The van der Waals surface area contributed by atoms with Crippen LogP contribution in [0.15, 0.2) is 120 Å². The summed E-state index contributed by atoms with van der Waals surface area (Å²) in [6.45, 7) is 5.62. The van der Waals surface area contributed by atoms with Crippen LogP contribution in [0.1, 0.15) is 33.2 Å². The Morgan fingerprint density at radius 3 is 2.11 bits per heavy atom. The quantitative estimate of drug-likeness (QED) is 0.180. The van der Waals surface area contributed by atoms with Crippen LogP contribution in [-0.2, 0) is 0 Å². The van der Waals surface area contributed by atoms with Crippen LogP contribution in [0.4, 0.5) is 23.0 Å². The lowest BCUT2D eigenvalue weighted by atomic mass is 10.0. The first kappa shape index (κ1) is 23.6. The first-order chi connectivity index (χ1) is 18.6. The molecule has 6 nitrogen and oxygen atoms in total. The van der Waals surface area contributed by atoms with Gasteiger partial charge in [-0.2, -0.15) is 0 Å². The van der Waals surface area contributed by atoms with Gasteiger partial charge in [0.25, 0.3) is 11.8 Å². The van der Waals surface area contributed by atoms with Crippen molar-refractivity contribution >= 4 is 52.2 Å². The average molecular weight is 515 g/mol. The third kappa shape index (κ3) is 3.93. The first-order valence-electron chi connectivity index (χ1n) is 12.0. The van der Waals surface area contributed by atoms with Crippen molar-refractivity contribution in [3.05, 3.63) is 127 Å². The van der Waals surface area contributed by atoms with Gasteiger partial charge in [0.2, 0.25) is 5.95 Å². The molecule has 1 aromatic heterocycles. The highest BCUT2D eigenvalue weighted by Crippen LogP contribution is 2.50. The second kappa shape index (κ2) is 9.61. The number of fused-ring (bicyclic) bond motifs is 3. The lowest BCUT2D eigenvalue weighted by Gasteiger charge is -2.32. The van der Waals surface area contributed by atoms with Crippen LogP contribution in [0.3, 0.4) is 0 Å². The third-order valence-electron chi connectivity index (χ3n) is 6.45. The van der Waals surface area contributed by atoms with Crippen molar-refractivity contribution in [2.75, 3.05) is 9.80 Å². The Bertz CT molecular complexity index is 1630. The minimum atomic E-state index is -0.431. The molecular weight excluding hydrogens is 492 g/mol. The number of para-hydroxylation sites is 2. The number of carbonyl (C=O) groups is 2. The molecule has 0 saturated heterocycles. The lowest BCUT2D eigenvalue weighted by Crippen LogP contribution is -2.31. The van der Waals surface area contributed by atoms with Gasteiger partial charge in [-0.1, -0.05) is 73.0 Å². The van der Waals surface area contributed by atoms with Crippen molar-refractivity contribution in [2.24, 2.45) is 0 Å². The Morgan fingerprint density at radius 1 is 0.816 bits per heavy atom. The Morgan fingerprint density at radius 2 is 1.45 bits per heavy atom. The van der Waals surface area contributed by atoms with Gasteiger partial charge in [-0.25, -0.2) is 14.9 Å². The Balaban J connectivity index is 1.33. The molecule has 0 fully saturated rings. The molecule has 7 heteroatoms. The molecule has 2 aliphatic rings. The fourth-order valence-electron chi connectivity index (χ4n) is 4.57. The molecule has 6 rings (SSSR count). The number of amides is 2. The van der Waals surface area contributed by atoms with Crippen molar-refractivity contribution in [1.29, 1.82) is 0 Å². The molecule has 2 aliphatic heterocycles. The van der Waals surface area contributed by atoms with Gasteiger partial charge in [-0.3, -0.25) is 9.59 Å². The van der Waals surface area contributed by atoms with E-state index < -0.39 is 11.8 Å². The number of anilines is 4. The molecule has 3 heterocycles. The number of benzene rings is 3. The fourth-order valence-corrected chi connectivity index (χ4v) is 5.63. The normalized spacial score (nSPS) is 14.5. The molecule has 0 atom stereocenters. The standard InChI is InChI=1S/C31H22N4O2S/c1-3-4-5-10-20(2)21-15-16-23-24(17-21)30(37)35(29(23)36)31-32-18-22(19-33-31)34-25-11-6-8-13-27(25)38-28-14-9-7-12-26(28)34/h3-19H,1H2,2H3/b5-4-,20-10+. The van der Waals surface area contributed by atoms with E-state index in [2.05, 4.69) is 45.7 Å². The summed E-state index contributed by atoms with van der Waals surface area (Å²) < 4.78 is 0. The molecule has 38 heavy (non-hydrogen) atoms. The van der Waals surface area contributed by atoms with E-state index in [9.17, 15) is 9.59 Å². The Kier molecular flexibility index (Phi) is 5.98. The van der Waals surface area contributed by atoms with Gasteiger partial charge in [0.1, 0.15) is 0 Å². The van der Waals surface area contributed by atoms with E-state index in [0.29, 0.717) is 11.1 Å². The number of imide groups is 1. The number of nitrogens with zero attached hydrogens (tertiary/aromatic N) is 4. The molecule has 3 aromatic carbocycles. The zero-order chi connectivity index (χ0) is 26.2. The van der Waals surface area contributed by atoms with E-state index in [4.69, 9.17) is 0 Å². The topological polar surface area (TPSA) is 66.4 Å². The fraction of sp³-hybridized carbons (Fsp3) is 0.0323. The number of hydrogen-bond acceptors (Lipinski definition) is 6. The molecule has 2 amide bonds. The van der Waals surface area contributed by atoms with Gasteiger partial charge in [0.05, 0.1) is 40.6 Å². The largest absolute Gasteiger partial charge is 0.305 e. The second-order valence-electron chi connectivity index (χ2n) is 8.79. The summed E-state index contributed by atoms with van der Waals surface area (Å²) in [5.41, 5.74) is 5.29. The number of aromatic nitrogens is 2. The molecule has 0 spiro atoms. The predicted octanol–water partition coefficient (Wildman–Crippen LogP) is 7.36. The van der Waals surface area contributed by atoms with Gasteiger partial charge < -0.3 is 4.90 Å². The van der Waals surface area contributed by atoms with E-state index in [1.165, 1.54) is 0 Å². The van der Waals surface area contributed by atoms with Crippen LogP contribution in [0.5, 0.6) is 0 Å². The van der Waals surface area contributed by atoms with Gasteiger partial charge >= 0.3 is 0 Å². The van der Waals surface area contributed by atoms with Gasteiger partial charge in [-0.15, -0.1) is 0 Å². The average Bonchev–Trinajstić information content (AvgIpc) is 3.20. The molecular formula is C31H22N4O2S. The minimum Gasteiger partial charge on any atom is -0.305 e. The maximum Gasteiger partial charge on any atom is 0.268 e. The molecule has 0 saturated carbocycles. The number of carbonyl (C=O) groups excluding carboxylic acids is 2. The molecule has 0 aliphatic carbocycles. The highest BCUT2D eigenvalue weighted by Gasteiger charge is 2.38. The smallest absolute Gasteiger partial charge is 0.268 e. The van der Waals surface area contributed by atoms with Crippen LogP contribution >= 0.6 is 11.8 Å². The van der Waals surface area contributed by atoms with E-state index in [1.54, 1.807) is 42.4 Å². The third-order valence-corrected chi connectivity index (χ3v) is 7.58. The second-order valence-corrected chi connectivity index (χ2v) is 9.87. The van der Waals surface area contributed by atoms with E-state index in [-0.39, 0.29) is 5.95 Å². The Labute approximate surface area is 224 Å². The molecule has 0 bridgehead atoms. The van der Waals surface area contributed by atoms with Crippen LogP contribution in [0.25, 0.3) is 5.57 Å². The van der Waals surface area contributed by atoms with Crippen molar-refractivity contribution in [1.82, 2.24) is 9.97 Å². The maximum atomic E-state index is 13.3. The van der Waals surface area contributed by atoms with Crippen LogP contribution in [-0.4, -0.2) is 21.8 Å². The zero-order valence-corrected chi connectivity index (χ0v) is 21.4. The number of hydrogen-bond donors (Lipinski definition) is 0. The van der Waals surface area contributed by atoms with Crippen molar-refractivity contribution < 1.29 is 9.59 Å². The summed E-state index contributed by atoms with van der Waals surface area (Å²) in [5, 5.41) is 0. The molecule has 0 N–H and O–H groups in total. The highest BCUT2D eigenvalue weighted by atomic mass is 32.2. The molecule has 0 unspecified atom stereocenters. The SMILES string of the molecule is C=C/C=C\C=C(/C)c1ccc2c(c1)C(=O)N(c1ncc(N3c4ccccc4Sc4ccccc43)cn1)C2=O. The Hall–Kier alpha value is -4.75. The molecule has 0 radical (unpaired) electrons. The summed E-state index contributed by atoms with van der Waals surface area (Å²) in [6, 6.07) is 21.6. The van der Waals surface area contributed by atoms with E-state index >= 15 is 0 Å². The van der Waals surface area contributed by atoms with Crippen molar-refractivity contribution in [3.63, 3.8) is 0 Å². The summed E-state index contributed by atoms with van der Waals surface area (Å²) in [6.07, 6.45) is 10.6. The molecule has 4 aromatic rings. The lowest BCUT2D eigenvalue weighted by molar-refractivity contribution is 0.0924. The minimum absolute atomic E-state index is 0.0515. The van der Waals surface area contributed by atoms with E-state index in [1.807, 2.05) is 55.5 Å². The summed E-state index contributed by atoms with van der Waals surface area (Å²) in [5.74, 6) is -0.808. The number of rotatable bonds is 5. The molecule has 184 valence electrons. The predicted molar refractivity (Wildman–Crippen MR) is 151 cm³/mol. The zero-order valence-electron chi connectivity index (χ0n) is 20.5. The highest BCUT2D eigenvalue weighted by molar-refractivity contribution is 7.99.